The maximum atomic E-state index is 5.30. The summed E-state index contributed by atoms with van der Waals surface area (Å²) in [4.78, 5) is 26.0. The van der Waals surface area contributed by atoms with Crippen LogP contribution < -0.4 is 4.74 Å². The molecule has 0 saturated heterocycles. The maximum Gasteiger partial charge on any atom is 0.224 e. The molecule has 3 aromatic heterocycles. The van der Waals surface area contributed by atoms with Crippen LogP contribution in [0.2, 0.25) is 0 Å². The molecule has 0 radical (unpaired) electrons. The number of nitrogens with zero attached hydrogens (tertiary/aromatic N) is 6. The zero-order chi connectivity index (χ0) is 15.5. The quantitative estimate of drug-likeness (QED) is 0.581. The summed E-state index contributed by atoms with van der Waals surface area (Å²) >= 11 is 0. The lowest BCUT2D eigenvalue weighted by Gasteiger charge is -2.06. The molecule has 112 valence electrons. The summed E-state index contributed by atoms with van der Waals surface area (Å²) in [7, 11) is 5.37. The molecule has 3 rings (SSSR count). The van der Waals surface area contributed by atoms with Crippen LogP contribution in [-0.2, 0) is 0 Å². The fourth-order valence-electron chi connectivity index (χ4n) is 2.09. The van der Waals surface area contributed by atoms with E-state index >= 15 is 0 Å². The molecule has 3 heterocycles. The summed E-state index contributed by atoms with van der Waals surface area (Å²) < 4.78 is 5.30. The van der Waals surface area contributed by atoms with Crippen molar-refractivity contribution in [3.8, 4) is 17.0 Å². The second kappa shape index (κ2) is 5.76. The highest BCUT2D eigenvalue weighted by atomic mass is 16.5. The zero-order valence-corrected chi connectivity index (χ0v) is 12.5. The van der Waals surface area contributed by atoms with E-state index in [4.69, 9.17) is 4.74 Å². The predicted octanol–water partition coefficient (Wildman–Crippen LogP) is 1.64. The minimum atomic E-state index is 0.488. The second-order valence-electron chi connectivity index (χ2n) is 4.78. The van der Waals surface area contributed by atoms with Crippen LogP contribution in [0.5, 0.6) is 5.88 Å². The van der Waals surface area contributed by atoms with Gasteiger partial charge >= 0.3 is 0 Å². The molecular formula is C14H15N7O. The second-order valence-corrected chi connectivity index (χ2v) is 4.78. The summed E-state index contributed by atoms with van der Waals surface area (Å²) in [6.45, 7) is 0. The molecule has 0 unspecified atom stereocenters. The van der Waals surface area contributed by atoms with E-state index in [1.54, 1.807) is 19.6 Å². The highest BCUT2D eigenvalue weighted by Gasteiger charge is 2.16. The Kier molecular flexibility index (Phi) is 3.65. The number of fused-ring (bicyclic) bond motifs is 1. The van der Waals surface area contributed by atoms with Crippen molar-refractivity contribution in [3.63, 3.8) is 0 Å². The van der Waals surface area contributed by atoms with Crippen LogP contribution in [0.15, 0.2) is 30.0 Å². The van der Waals surface area contributed by atoms with E-state index in [-0.39, 0.29) is 0 Å². The Bertz CT molecular complexity index is 825. The Morgan fingerprint density at radius 1 is 1.18 bits per heavy atom. The molecule has 0 aromatic carbocycles. The van der Waals surface area contributed by atoms with Crippen molar-refractivity contribution in [2.45, 2.75) is 0 Å². The van der Waals surface area contributed by atoms with Gasteiger partial charge in [-0.1, -0.05) is 0 Å². The Morgan fingerprint density at radius 3 is 2.82 bits per heavy atom. The number of aliphatic imine (C=N–C) groups is 1. The topological polar surface area (TPSA) is 92.2 Å². The number of hydrogen-bond acceptors (Lipinski definition) is 6. The summed E-state index contributed by atoms with van der Waals surface area (Å²) in [6.07, 6.45) is 8.13. The highest BCUT2D eigenvalue weighted by Crippen LogP contribution is 2.36. The number of rotatable bonds is 4. The minimum absolute atomic E-state index is 0.488. The molecule has 0 saturated carbocycles. The molecule has 3 aromatic rings. The van der Waals surface area contributed by atoms with Crippen LogP contribution in [0.3, 0.4) is 0 Å². The van der Waals surface area contributed by atoms with Crippen LogP contribution in [0.4, 0.5) is 5.82 Å². The lowest BCUT2D eigenvalue weighted by molar-refractivity contribution is 0.398. The van der Waals surface area contributed by atoms with Gasteiger partial charge in [0.15, 0.2) is 5.82 Å². The molecule has 0 aliphatic carbocycles. The molecule has 0 fully saturated rings. The van der Waals surface area contributed by atoms with Crippen LogP contribution in [0, 0.1) is 0 Å². The van der Waals surface area contributed by atoms with Crippen molar-refractivity contribution in [3.05, 3.63) is 25.0 Å². The van der Waals surface area contributed by atoms with E-state index in [9.17, 15) is 0 Å². The van der Waals surface area contributed by atoms with Gasteiger partial charge in [-0.3, -0.25) is 0 Å². The standard InChI is InChI=1S/C14H15N7O/c1-21(2)8-20-13-11-9(5-16-12(11)17-7-18-13)10-4-15-6-19-14(10)22-3/h4-8H,1-3H3,(H,16,17,18)/b20-8-. The minimum Gasteiger partial charge on any atom is -0.480 e. The fraction of sp³-hybridized carbons (Fsp3) is 0.214. The van der Waals surface area contributed by atoms with Crippen molar-refractivity contribution in [1.82, 2.24) is 29.8 Å². The van der Waals surface area contributed by atoms with Gasteiger partial charge in [-0.05, 0) is 0 Å². The van der Waals surface area contributed by atoms with Gasteiger partial charge in [-0.25, -0.2) is 24.9 Å². The average Bonchev–Trinajstić information content (AvgIpc) is 2.97. The summed E-state index contributed by atoms with van der Waals surface area (Å²) in [6, 6.07) is 0. The Morgan fingerprint density at radius 2 is 2.05 bits per heavy atom. The molecule has 8 heteroatoms. The van der Waals surface area contributed by atoms with Gasteiger partial charge in [0.25, 0.3) is 0 Å². The first kappa shape index (κ1) is 13.9. The van der Waals surface area contributed by atoms with Crippen molar-refractivity contribution in [2.24, 2.45) is 4.99 Å². The fourth-order valence-corrected chi connectivity index (χ4v) is 2.09. The van der Waals surface area contributed by atoms with E-state index in [0.717, 1.165) is 16.5 Å². The monoisotopic (exact) mass is 297 g/mol. The maximum absolute atomic E-state index is 5.30. The van der Waals surface area contributed by atoms with Gasteiger partial charge in [0.1, 0.15) is 18.3 Å². The average molecular weight is 297 g/mol. The Balaban J connectivity index is 2.23. The van der Waals surface area contributed by atoms with E-state index in [1.807, 2.05) is 25.2 Å². The van der Waals surface area contributed by atoms with Crippen molar-refractivity contribution in [2.75, 3.05) is 21.2 Å². The van der Waals surface area contributed by atoms with E-state index in [1.165, 1.54) is 12.7 Å². The molecule has 8 nitrogen and oxygen atoms in total. The summed E-state index contributed by atoms with van der Waals surface area (Å²) in [5.74, 6) is 1.06. The highest BCUT2D eigenvalue weighted by molar-refractivity contribution is 6.01. The number of aromatic nitrogens is 5. The number of methoxy groups -OCH3 is 1. The summed E-state index contributed by atoms with van der Waals surface area (Å²) in [5.41, 5.74) is 2.30. The van der Waals surface area contributed by atoms with Crippen molar-refractivity contribution in [1.29, 1.82) is 0 Å². The molecule has 22 heavy (non-hydrogen) atoms. The molecule has 0 aliphatic rings. The van der Waals surface area contributed by atoms with Gasteiger partial charge in [-0.2, -0.15) is 0 Å². The molecule has 0 spiro atoms. The Hall–Kier alpha value is -3.03. The number of H-pyrrole nitrogens is 1. The number of aromatic amines is 1. The first-order chi connectivity index (χ1) is 10.7. The van der Waals surface area contributed by atoms with Crippen LogP contribution in [-0.4, -0.2) is 57.4 Å². The molecule has 0 atom stereocenters. The third-order valence-corrected chi connectivity index (χ3v) is 3.02. The van der Waals surface area contributed by atoms with Gasteiger partial charge in [0.05, 0.1) is 24.4 Å². The molecule has 0 amide bonds. The third kappa shape index (κ3) is 2.46. The SMILES string of the molecule is COc1ncncc1-c1c[nH]c2ncnc(/N=C\N(C)C)c12. The van der Waals surface area contributed by atoms with Gasteiger partial charge in [0.2, 0.25) is 5.88 Å². The number of hydrogen-bond donors (Lipinski definition) is 1. The molecule has 0 bridgehead atoms. The van der Waals surface area contributed by atoms with Gasteiger partial charge in [0, 0.05) is 32.1 Å². The van der Waals surface area contributed by atoms with Crippen molar-refractivity contribution < 1.29 is 4.74 Å². The predicted molar refractivity (Wildman–Crippen MR) is 83.3 cm³/mol. The third-order valence-electron chi connectivity index (χ3n) is 3.02. The molecular weight excluding hydrogens is 282 g/mol. The summed E-state index contributed by atoms with van der Waals surface area (Å²) in [5, 5.41) is 0.800. The largest absolute Gasteiger partial charge is 0.480 e. The van der Waals surface area contributed by atoms with Gasteiger partial charge < -0.3 is 14.6 Å². The van der Waals surface area contributed by atoms with Crippen LogP contribution in [0.25, 0.3) is 22.2 Å². The molecule has 1 N–H and O–H groups in total. The van der Waals surface area contributed by atoms with E-state index in [0.29, 0.717) is 17.3 Å². The lowest BCUT2D eigenvalue weighted by atomic mass is 10.1. The normalized spacial score (nSPS) is 11.2. The number of ether oxygens (including phenoxy) is 1. The van der Waals surface area contributed by atoms with Crippen LogP contribution >= 0.6 is 0 Å². The van der Waals surface area contributed by atoms with E-state index in [2.05, 4.69) is 29.9 Å². The lowest BCUT2D eigenvalue weighted by Crippen LogP contribution is -2.07. The smallest absolute Gasteiger partial charge is 0.224 e. The first-order valence-electron chi connectivity index (χ1n) is 6.57. The molecule has 0 aliphatic heterocycles. The zero-order valence-electron chi connectivity index (χ0n) is 12.5. The number of nitrogens with one attached hydrogen (secondary N) is 1. The van der Waals surface area contributed by atoms with E-state index < -0.39 is 0 Å². The van der Waals surface area contributed by atoms with Crippen molar-refractivity contribution >= 4 is 23.2 Å². The van der Waals surface area contributed by atoms with Gasteiger partial charge in [-0.15, -0.1) is 0 Å². The van der Waals surface area contributed by atoms with Crippen LogP contribution in [0.1, 0.15) is 0 Å². The first-order valence-corrected chi connectivity index (χ1v) is 6.57. The Labute approximate surface area is 126 Å².